The zero-order valence-corrected chi connectivity index (χ0v) is 13.5. The number of hydrogen-bond acceptors (Lipinski definition) is 7. The fourth-order valence-electron chi connectivity index (χ4n) is 2.95. The van der Waals surface area contributed by atoms with Gasteiger partial charge >= 0.3 is 11.9 Å². The molecule has 0 amide bonds. The highest BCUT2D eigenvalue weighted by Gasteiger charge is 2.33. The van der Waals surface area contributed by atoms with Crippen LogP contribution in [-0.4, -0.2) is 45.3 Å². The number of ether oxygens (including phenoxy) is 3. The molecule has 0 bridgehead atoms. The zero-order chi connectivity index (χ0) is 17.3. The summed E-state index contributed by atoms with van der Waals surface area (Å²) in [6.45, 7) is 0.0642. The smallest absolute Gasteiger partial charge is 0.355 e. The van der Waals surface area contributed by atoms with Crippen molar-refractivity contribution < 1.29 is 28.6 Å². The first-order valence-corrected chi connectivity index (χ1v) is 7.43. The Bertz CT molecular complexity index is 751. The van der Waals surface area contributed by atoms with Gasteiger partial charge in [0.15, 0.2) is 0 Å². The molecule has 0 unspecified atom stereocenters. The molecule has 0 N–H and O–H groups in total. The maximum absolute atomic E-state index is 12.2. The molecule has 0 atom stereocenters. The van der Waals surface area contributed by atoms with E-state index in [4.69, 9.17) is 14.2 Å². The van der Waals surface area contributed by atoms with Crippen molar-refractivity contribution in [3.8, 4) is 0 Å². The summed E-state index contributed by atoms with van der Waals surface area (Å²) in [6, 6.07) is 5.49. The maximum atomic E-state index is 12.2. The normalized spacial score (nSPS) is 16.9. The molecule has 7 heteroatoms. The van der Waals surface area contributed by atoms with Crippen molar-refractivity contribution >= 4 is 23.4 Å². The van der Waals surface area contributed by atoms with E-state index in [0.29, 0.717) is 18.5 Å². The molecule has 0 spiro atoms. The summed E-state index contributed by atoms with van der Waals surface area (Å²) in [4.78, 5) is 37.4. The molecular weight excluding hydrogens is 314 g/mol. The van der Waals surface area contributed by atoms with Gasteiger partial charge in [0.2, 0.25) is 0 Å². The minimum absolute atomic E-state index is 0.0307. The van der Waals surface area contributed by atoms with E-state index in [2.05, 4.69) is 0 Å². The van der Waals surface area contributed by atoms with Crippen LogP contribution in [0.4, 0.5) is 5.69 Å². The standard InChI is InChI=1S/C17H17NO6/c1-22-16(20)14-8-24-9-18(15(14)17(21)23-2)12-4-3-10-6-13(19)7-11(10)5-12/h3-5H,6-9H2,1-2H3. The van der Waals surface area contributed by atoms with Crippen LogP contribution in [0.15, 0.2) is 29.5 Å². The van der Waals surface area contributed by atoms with Crippen molar-refractivity contribution in [1.29, 1.82) is 0 Å². The van der Waals surface area contributed by atoms with Crippen LogP contribution in [0, 0.1) is 0 Å². The number of ketones is 1. The minimum atomic E-state index is -0.643. The van der Waals surface area contributed by atoms with Crippen LogP contribution in [0.2, 0.25) is 0 Å². The second-order valence-corrected chi connectivity index (χ2v) is 5.56. The summed E-state index contributed by atoms with van der Waals surface area (Å²) < 4.78 is 15.0. The second-order valence-electron chi connectivity index (χ2n) is 5.56. The highest BCUT2D eigenvalue weighted by molar-refractivity contribution is 6.03. The van der Waals surface area contributed by atoms with E-state index < -0.39 is 11.9 Å². The molecule has 24 heavy (non-hydrogen) atoms. The molecule has 1 heterocycles. The number of esters is 2. The molecule has 0 fully saturated rings. The average molecular weight is 331 g/mol. The van der Waals surface area contributed by atoms with Gasteiger partial charge in [0.05, 0.1) is 26.4 Å². The number of nitrogens with zero attached hydrogens (tertiary/aromatic N) is 1. The first kappa shape index (κ1) is 16.2. The van der Waals surface area contributed by atoms with Gasteiger partial charge in [0.25, 0.3) is 0 Å². The Hall–Kier alpha value is -2.67. The Morgan fingerprint density at radius 1 is 1.08 bits per heavy atom. The third-order valence-electron chi connectivity index (χ3n) is 4.11. The van der Waals surface area contributed by atoms with Gasteiger partial charge in [0, 0.05) is 18.5 Å². The fourth-order valence-corrected chi connectivity index (χ4v) is 2.95. The van der Waals surface area contributed by atoms with Crippen LogP contribution in [0.5, 0.6) is 0 Å². The van der Waals surface area contributed by atoms with Crippen molar-refractivity contribution in [3.05, 3.63) is 40.6 Å². The van der Waals surface area contributed by atoms with Gasteiger partial charge in [-0.15, -0.1) is 0 Å². The molecule has 3 rings (SSSR count). The van der Waals surface area contributed by atoms with Crippen molar-refractivity contribution in [2.45, 2.75) is 12.8 Å². The number of carbonyl (C=O) groups excluding carboxylic acids is 3. The Labute approximate surface area is 138 Å². The minimum Gasteiger partial charge on any atom is -0.466 e. The monoisotopic (exact) mass is 331 g/mol. The van der Waals surface area contributed by atoms with Gasteiger partial charge in [-0.25, -0.2) is 9.59 Å². The van der Waals surface area contributed by atoms with Crippen LogP contribution in [0.3, 0.4) is 0 Å². The fraction of sp³-hybridized carbons (Fsp3) is 0.353. The summed E-state index contributed by atoms with van der Waals surface area (Å²) in [5.74, 6) is -1.12. The predicted molar refractivity (Wildman–Crippen MR) is 83.2 cm³/mol. The van der Waals surface area contributed by atoms with E-state index in [1.165, 1.54) is 14.2 Å². The highest BCUT2D eigenvalue weighted by atomic mass is 16.5. The molecular formula is C17H17NO6. The van der Waals surface area contributed by atoms with E-state index in [0.717, 1.165) is 11.1 Å². The molecule has 7 nitrogen and oxygen atoms in total. The van der Waals surface area contributed by atoms with E-state index in [1.54, 1.807) is 11.0 Å². The lowest BCUT2D eigenvalue weighted by Gasteiger charge is -2.31. The third-order valence-corrected chi connectivity index (χ3v) is 4.11. The van der Waals surface area contributed by atoms with Crippen molar-refractivity contribution in [3.63, 3.8) is 0 Å². The maximum Gasteiger partial charge on any atom is 0.355 e. The van der Waals surface area contributed by atoms with Gasteiger partial charge in [-0.3, -0.25) is 4.79 Å². The Kier molecular flexibility index (Phi) is 4.35. The number of carbonyl (C=O) groups is 3. The van der Waals surface area contributed by atoms with Gasteiger partial charge in [0.1, 0.15) is 18.2 Å². The lowest BCUT2D eigenvalue weighted by atomic mass is 10.1. The van der Waals surface area contributed by atoms with Crippen LogP contribution in [-0.2, 0) is 41.4 Å². The molecule has 1 aliphatic heterocycles. The number of fused-ring (bicyclic) bond motifs is 1. The first-order valence-electron chi connectivity index (χ1n) is 7.43. The SMILES string of the molecule is COC(=O)C1=C(C(=O)OC)N(c2ccc3c(c2)CC(=O)C3)COC1. The molecule has 2 aliphatic rings. The summed E-state index contributed by atoms with van der Waals surface area (Å²) >= 11 is 0. The number of anilines is 1. The van der Waals surface area contributed by atoms with Crippen LogP contribution in [0.1, 0.15) is 11.1 Å². The number of rotatable bonds is 3. The summed E-state index contributed by atoms with van der Waals surface area (Å²) in [5, 5.41) is 0. The van der Waals surface area contributed by atoms with Gasteiger partial charge in [-0.1, -0.05) is 6.07 Å². The van der Waals surface area contributed by atoms with Crippen LogP contribution in [0.25, 0.3) is 0 Å². The van der Waals surface area contributed by atoms with Gasteiger partial charge in [-0.05, 0) is 23.3 Å². The Balaban J connectivity index is 2.05. The quantitative estimate of drug-likeness (QED) is 0.756. The second kappa shape index (κ2) is 6.45. The average Bonchev–Trinajstić information content (AvgIpc) is 2.98. The Morgan fingerprint density at radius 3 is 2.50 bits per heavy atom. The number of methoxy groups -OCH3 is 2. The molecule has 1 aromatic rings. The van der Waals surface area contributed by atoms with E-state index in [1.807, 2.05) is 12.1 Å². The summed E-state index contributed by atoms with van der Waals surface area (Å²) in [7, 11) is 2.49. The number of Topliss-reactive ketones (excluding diaryl/α,β-unsaturated/α-hetero) is 1. The zero-order valence-electron chi connectivity index (χ0n) is 13.5. The molecule has 1 aromatic carbocycles. The van der Waals surface area contributed by atoms with Crippen molar-refractivity contribution in [2.75, 3.05) is 32.5 Å². The largest absolute Gasteiger partial charge is 0.466 e. The molecule has 0 saturated heterocycles. The Morgan fingerprint density at radius 2 is 1.79 bits per heavy atom. The predicted octanol–water partition coefficient (Wildman–Crippen LogP) is 0.748. The lowest BCUT2D eigenvalue weighted by molar-refractivity contribution is -0.140. The van der Waals surface area contributed by atoms with Gasteiger partial charge < -0.3 is 19.1 Å². The number of hydrogen-bond donors (Lipinski definition) is 0. The van der Waals surface area contributed by atoms with E-state index in [-0.39, 0.29) is 30.4 Å². The summed E-state index contributed by atoms with van der Waals surface area (Å²) in [6.07, 6.45) is 0.804. The highest BCUT2D eigenvalue weighted by Crippen LogP contribution is 2.30. The topological polar surface area (TPSA) is 82.1 Å². The lowest BCUT2D eigenvalue weighted by Crippen LogP contribution is -2.38. The molecule has 1 aliphatic carbocycles. The van der Waals surface area contributed by atoms with Crippen LogP contribution < -0.4 is 4.90 Å². The molecule has 0 saturated carbocycles. The number of benzene rings is 1. The third kappa shape index (κ3) is 2.78. The molecule has 0 radical (unpaired) electrons. The van der Waals surface area contributed by atoms with E-state index >= 15 is 0 Å². The van der Waals surface area contributed by atoms with Crippen molar-refractivity contribution in [1.82, 2.24) is 0 Å². The summed E-state index contributed by atoms with van der Waals surface area (Å²) in [5.41, 5.74) is 2.77. The van der Waals surface area contributed by atoms with E-state index in [9.17, 15) is 14.4 Å². The first-order chi connectivity index (χ1) is 11.5. The molecule has 126 valence electrons. The van der Waals surface area contributed by atoms with Crippen LogP contribution >= 0.6 is 0 Å². The van der Waals surface area contributed by atoms with Gasteiger partial charge in [-0.2, -0.15) is 0 Å². The molecule has 0 aromatic heterocycles. The van der Waals surface area contributed by atoms with Crippen molar-refractivity contribution in [2.24, 2.45) is 0 Å².